The third kappa shape index (κ3) is 5.66. The quantitative estimate of drug-likeness (QED) is 0.786. The minimum Gasteiger partial charge on any atom is -0.435 e. The molecule has 1 aliphatic rings. The lowest BCUT2D eigenvalue weighted by Gasteiger charge is -2.29. The van der Waals surface area contributed by atoms with E-state index in [0.29, 0.717) is 0 Å². The second-order valence-electron chi connectivity index (χ2n) is 6.68. The first-order chi connectivity index (χ1) is 13.5. The number of benzene rings is 2. The highest BCUT2D eigenvalue weighted by Crippen LogP contribution is 2.20. The molecule has 1 saturated heterocycles. The molecule has 0 spiro atoms. The van der Waals surface area contributed by atoms with Crippen LogP contribution in [0.15, 0.2) is 48.5 Å². The van der Waals surface area contributed by atoms with E-state index in [9.17, 15) is 13.6 Å². The van der Waals surface area contributed by atoms with Gasteiger partial charge in [0.2, 0.25) is 5.91 Å². The van der Waals surface area contributed by atoms with Gasteiger partial charge in [-0.25, -0.2) is 0 Å². The fourth-order valence-corrected chi connectivity index (χ4v) is 3.15. The topological polar surface area (TPSA) is 50.8 Å². The van der Waals surface area contributed by atoms with Gasteiger partial charge >= 0.3 is 6.61 Å². The van der Waals surface area contributed by atoms with E-state index >= 15 is 0 Å². The minimum atomic E-state index is -2.86. The van der Waals surface area contributed by atoms with Gasteiger partial charge in [0.15, 0.2) is 0 Å². The minimum absolute atomic E-state index is 0.0767. The predicted molar refractivity (Wildman–Crippen MR) is 103 cm³/mol. The standard InChI is InChI=1S/C21H24F2N2O3/c1-15(17-4-6-18(7-5-17)25-10-12-27-13-11-25)24-20(26)14-16-2-8-19(9-3-16)28-21(22)23/h2-9,15,21H,10-14H2,1H3,(H,24,26). The zero-order chi connectivity index (χ0) is 19.9. The Balaban J connectivity index is 1.52. The second kappa shape index (κ2) is 9.50. The van der Waals surface area contributed by atoms with Crippen molar-refractivity contribution in [3.63, 3.8) is 0 Å². The lowest BCUT2D eigenvalue weighted by Crippen LogP contribution is -2.36. The van der Waals surface area contributed by atoms with Gasteiger partial charge in [-0.2, -0.15) is 8.78 Å². The van der Waals surface area contributed by atoms with Gasteiger partial charge in [-0.1, -0.05) is 24.3 Å². The van der Waals surface area contributed by atoms with Crippen molar-refractivity contribution in [3.05, 3.63) is 59.7 Å². The zero-order valence-corrected chi connectivity index (χ0v) is 15.7. The van der Waals surface area contributed by atoms with Crippen LogP contribution in [0.4, 0.5) is 14.5 Å². The first-order valence-electron chi connectivity index (χ1n) is 9.27. The average molecular weight is 390 g/mol. The summed E-state index contributed by atoms with van der Waals surface area (Å²) in [4.78, 5) is 14.6. The number of hydrogen-bond acceptors (Lipinski definition) is 4. The average Bonchev–Trinajstić information content (AvgIpc) is 2.70. The maximum Gasteiger partial charge on any atom is 0.387 e. The highest BCUT2D eigenvalue weighted by molar-refractivity contribution is 5.79. The van der Waals surface area contributed by atoms with Crippen LogP contribution in [0.25, 0.3) is 0 Å². The van der Waals surface area contributed by atoms with E-state index < -0.39 is 6.61 Å². The number of nitrogens with zero attached hydrogens (tertiary/aromatic N) is 1. The second-order valence-corrected chi connectivity index (χ2v) is 6.68. The van der Waals surface area contributed by atoms with Crippen molar-refractivity contribution < 1.29 is 23.0 Å². The van der Waals surface area contributed by atoms with Gasteiger partial charge in [-0.15, -0.1) is 0 Å². The van der Waals surface area contributed by atoms with Gasteiger partial charge in [-0.05, 0) is 42.3 Å². The van der Waals surface area contributed by atoms with Crippen molar-refractivity contribution >= 4 is 11.6 Å². The van der Waals surface area contributed by atoms with Crippen LogP contribution in [0.5, 0.6) is 5.75 Å². The third-order valence-electron chi connectivity index (χ3n) is 4.66. The Morgan fingerprint density at radius 2 is 1.75 bits per heavy atom. The summed E-state index contributed by atoms with van der Waals surface area (Å²) in [5.41, 5.74) is 2.90. The van der Waals surface area contributed by atoms with Crippen LogP contribution in [-0.4, -0.2) is 38.8 Å². The first kappa shape index (κ1) is 20.1. The zero-order valence-electron chi connectivity index (χ0n) is 15.7. The van der Waals surface area contributed by atoms with Crippen molar-refractivity contribution in [2.24, 2.45) is 0 Å². The third-order valence-corrected chi connectivity index (χ3v) is 4.66. The van der Waals surface area contributed by atoms with Gasteiger partial charge in [0, 0.05) is 18.8 Å². The highest BCUT2D eigenvalue weighted by Gasteiger charge is 2.14. The molecule has 0 saturated carbocycles. The fraction of sp³-hybridized carbons (Fsp3) is 0.381. The maximum absolute atomic E-state index is 12.3. The van der Waals surface area contributed by atoms with E-state index in [4.69, 9.17) is 4.74 Å². The van der Waals surface area contributed by atoms with Crippen LogP contribution in [0.1, 0.15) is 24.1 Å². The molecule has 1 amide bonds. The maximum atomic E-state index is 12.3. The monoisotopic (exact) mass is 390 g/mol. The molecule has 0 aliphatic carbocycles. The summed E-state index contributed by atoms with van der Waals surface area (Å²) in [6.07, 6.45) is 0.172. The van der Waals surface area contributed by atoms with Crippen molar-refractivity contribution in [1.29, 1.82) is 0 Å². The number of morpholine rings is 1. The van der Waals surface area contributed by atoms with Crippen molar-refractivity contribution in [2.45, 2.75) is 26.0 Å². The van der Waals surface area contributed by atoms with E-state index in [1.165, 1.54) is 12.1 Å². The number of amides is 1. The number of nitrogens with one attached hydrogen (secondary N) is 1. The largest absolute Gasteiger partial charge is 0.435 e. The fourth-order valence-electron chi connectivity index (χ4n) is 3.15. The number of anilines is 1. The van der Waals surface area contributed by atoms with Crippen LogP contribution >= 0.6 is 0 Å². The number of carbonyl (C=O) groups excluding carboxylic acids is 1. The Kier molecular flexibility index (Phi) is 6.81. The smallest absolute Gasteiger partial charge is 0.387 e. The number of alkyl halides is 2. The number of ether oxygens (including phenoxy) is 2. The van der Waals surface area contributed by atoms with Crippen molar-refractivity contribution in [2.75, 3.05) is 31.2 Å². The van der Waals surface area contributed by atoms with Gasteiger partial charge in [0.25, 0.3) is 0 Å². The van der Waals surface area contributed by atoms with Crippen LogP contribution in [0, 0.1) is 0 Å². The molecule has 0 bridgehead atoms. The summed E-state index contributed by atoms with van der Waals surface area (Å²) in [6, 6.07) is 14.1. The Hall–Kier alpha value is -2.67. The van der Waals surface area contributed by atoms with Crippen LogP contribution < -0.4 is 15.0 Å². The molecule has 5 nitrogen and oxygen atoms in total. The van der Waals surface area contributed by atoms with Crippen LogP contribution in [-0.2, 0) is 16.0 Å². The molecule has 1 aliphatic heterocycles. The molecule has 7 heteroatoms. The van der Waals surface area contributed by atoms with Crippen LogP contribution in [0.2, 0.25) is 0 Å². The molecule has 0 aromatic heterocycles. The Morgan fingerprint density at radius 1 is 1.11 bits per heavy atom. The van der Waals surface area contributed by atoms with E-state index in [2.05, 4.69) is 27.1 Å². The molecule has 0 radical (unpaired) electrons. The molecule has 1 N–H and O–H groups in total. The highest BCUT2D eigenvalue weighted by atomic mass is 19.3. The van der Waals surface area contributed by atoms with E-state index in [-0.39, 0.29) is 24.1 Å². The Bertz CT molecular complexity index is 760. The molecule has 1 unspecified atom stereocenters. The lowest BCUT2D eigenvalue weighted by molar-refractivity contribution is -0.121. The predicted octanol–water partition coefficient (Wildman–Crippen LogP) is 3.54. The molecule has 28 heavy (non-hydrogen) atoms. The number of halogens is 2. The SMILES string of the molecule is CC(NC(=O)Cc1ccc(OC(F)F)cc1)c1ccc(N2CCOCC2)cc1. The van der Waals surface area contributed by atoms with E-state index in [1.54, 1.807) is 12.1 Å². The van der Waals surface area contributed by atoms with Gasteiger partial charge in [-0.3, -0.25) is 4.79 Å². The molecule has 1 fully saturated rings. The van der Waals surface area contributed by atoms with Gasteiger partial charge < -0.3 is 19.7 Å². The molecule has 2 aromatic carbocycles. The number of rotatable bonds is 7. The molecular formula is C21H24F2N2O3. The van der Waals surface area contributed by atoms with E-state index in [0.717, 1.165) is 43.1 Å². The summed E-state index contributed by atoms with van der Waals surface area (Å²) in [5.74, 6) is -0.0554. The molecular weight excluding hydrogens is 366 g/mol. The van der Waals surface area contributed by atoms with Crippen molar-refractivity contribution in [1.82, 2.24) is 5.32 Å². The molecule has 150 valence electrons. The Labute approximate surface area is 163 Å². The Morgan fingerprint density at radius 3 is 2.36 bits per heavy atom. The molecule has 3 rings (SSSR count). The summed E-state index contributed by atoms with van der Waals surface area (Å²) in [7, 11) is 0. The number of carbonyl (C=O) groups is 1. The van der Waals surface area contributed by atoms with E-state index in [1.807, 2.05) is 19.1 Å². The van der Waals surface area contributed by atoms with Gasteiger partial charge in [0.1, 0.15) is 5.75 Å². The summed E-state index contributed by atoms with van der Waals surface area (Å²) in [5, 5.41) is 2.97. The normalized spacial score (nSPS) is 15.4. The summed E-state index contributed by atoms with van der Waals surface area (Å²) in [6.45, 7) is 2.32. The summed E-state index contributed by atoms with van der Waals surface area (Å²) < 4.78 is 34.0. The first-order valence-corrected chi connectivity index (χ1v) is 9.27. The molecule has 2 aromatic rings. The molecule has 1 heterocycles. The van der Waals surface area contributed by atoms with Gasteiger partial charge in [0.05, 0.1) is 25.7 Å². The summed E-state index contributed by atoms with van der Waals surface area (Å²) >= 11 is 0. The number of hydrogen-bond donors (Lipinski definition) is 1. The molecule has 1 atom stereocenters. The lowest BCUT2D eigenvalue weighted by atomic mass is 10.1. The van der Waals surface area contributed by atoms with Crippen LogP contribution in [0.3, 0.4) is 0 Å². The van der Waals surface area contributed by atoms with Crippen molar-refractivity contribution in [3.8, 4) is 5.75 Å².